The smallest absolute Gasteiger partial charge is 0.293 e. The summed E-state index contributed by atoms with van der Waals surface area (Å²) in [5.74, 6) is -0.445. The molecular formula is C15H22FN3O4. The second-order valence-electron chi connectivity index (χ2n) is 5.95. The molecule has 128 valence electrons. The van der Waals surface area contributed by atoms with Crippen LogP contribution in [0.25, 0.3) is 0 Å². The van der Waals surface area contributed by atoms with Gasteiger partial charge in [0.05, 0.1) is 4.92 Å². The summed E-state index contributed by atoms with van der Waals surface area (Å²) in [6, 6.07) is 3.56. The lowest BCUT2D eigenvalue weighted by molar-refractivity contribution is -0.384. The van der Waals surface area contributed by atoms with Gasteiger partial charge >= 0.3 is 0 Å². The minimum absolute atomic E-state index is 0.0386. The van der Waals surface area contributed by atoms with Crippen molar-refractivity contribution in [3.05, 3.63) is 34.1 Å². The molecule has 1 aliphatic rings. The number of halogens is 1. The lowest BCUT2D eigenvalue weighted by Crippen LogP contribution is -2.43. The Morgan fingerprint density at radius 2 is 1.96 bits per heavy atom. The van der Waals surface area contributed by atoms with Gasteiger partial charge in [0.25, 0.3) is 12.2 Å². The SMILES string of the molecule is CC(C)(C)OC=O.O=[N+]([O-])c1ccc(F)cc1N1CCNCC1. The van der Waals surface area contributed by atoms with E-state index in [0.717, 1.165) is 19.2 Å². The minimum Gasteiger partial charge on any atom is -0.462 e. The molecule has 1 saturated heterocycles. The molecule has 0 radical (unpaired) electrons. The Labute approximate surface area is 134 Å². The van der Waals surface area contributed by atoms with Crippen molar-refractivity contribution in [2.75, 3.05) is 31.1 Å². The first kappa shape index (κ1) is 18.8. The number of nitrogens with zero attached hydrogens (tertiary/aromatic N) is 2. The fourth-order valence-corrected chi connectivity index (χ4v) is 1.95. The van der Waals surface area contributed by atoms with Gasteiger partial charge in [0.2, 0.25) is 0 Å². The number of hydrogen-bond acceptors (Lipinski definition) is 6. The normalized spacial score (nSPS) is 14.5. The summed E-state index contributed by atoms with van der Waals surface area (Å²) in [5.41, 5.74) is 0.0108. The van der Waals surface area contributed by atoms with Crippen molar-refractivity contribution in [1.82, 2.24) is 5.32 Å². The molecule has 1 aromatic carbocycles. The number of nitro groups is 1. The summed E-state index contributed by atoms with van der Waals surface area (Å²) >= 11 is 0. The number of carbonyl (C=O) groups is 1. The molecule has 0 aromatic heterocycles. The summed E-state index contributed by atoms with van der Waals surface area (Å²) < 4.78 is 17.6. The van der Waals surface area contributed by atoms with Crippen LogP contribution < -0.4 is 10.2 Å². The Morgan fingerprint density at radius 3 is 2.39 bits per heavy atom. The van der Waals surface area contributed by atoms with Crippen molar-refractivity contribution in [2.45, 2.75) is 26.4 Å². The summed E-state index contributed by atoms with van der Waals surface area (Å²) in [6.45, 7) is 8.75. The molecule has 0 aliphatic carbocycles. The van der Waals surface area contributed by atoms with Crippen LogP contribution in [0.4, 0.5) is 15.8 Å². The van der Waals surface area contributed by atoms with Gasteiger partial charge in [-0.2, -0.15) is 0 Å². The Kier molecular flexibility index (Phi) is 6.89. The van der Waals surface area contributed by atoms with Crippen LogP contribution in [0, 0.1) is 15.9 Å². The van der Waals surface area contributed by atoms with Gasteiger partial charge in [-0.3, -0.25) is 14.9 Å². The van der Waals surface area contributed by atoms with Crippen molar-refractivity contribution in [1.29, 1.82) is 0 Å². The third-order valence-electron chi connectivity index (χ3n) is 2.99. The maximum atomic E-state index is 13.1. The number of anilines is 1. The van der Waals surface area contributed by atoms with Crippen molar-refractivity contribution >= 4 is 17.8 Å². The molecule has 0 amide bonds. The quantitative estimate of drug-likeness (QED) is 0.520. The highest BCUT2D eigenvalue weighted by Gasteiger charge is 2.21. The van der Waals surface area contributed by atoms with E-state index in [9.17, 15) is 19.3 Å². The highest BCUT2D eigenvalue weighted by atomic mass is 19.1. The second-order valence-corrected chi connectivity index (χ2v) is 5.95. The third kappa shape index (κ3) is 6.60. The summed E-state index contributed by atoms with van der Waals surface area (Å²) in [4.78, 5) is 21.8. The van der Waals surface area contributed by atoms with Crippen LogP contribution in [0.2, 0.25) is 0 Å². The molecule has 0 atom stereocenters. The van der Waals surface area contributed by atoms with Crippen molar-refractivity contribution < 1.29 is 18.8 Å². The average Bonchev–Trinajstić information content (AvgIpc) is 2.47. The van der Waals surface area contributed by atoms with Crippen LogP contribution in [-0.4, -0.2) is 43.2 Å². The largest absolute Gasteiger partial charge is 0.462 e. The number of rotatable bonds is 3. The van der Waals surface area contributed by atoms with Gasteiger partial charge in [0, 0.05) is 38.3 Å². The molecular weight excluding hydrogens is 305 g/mol. The number of hydrogen-bond donors (Lipinski definition) is 1. The first-order valence-corrected chi connectivity index (χ1v) is 7.25. The summed E-state index contributed by atoms with van der Waals surface area (Å²) in [7, 11) is 0. The molecule has 0 spiro atoms. The molecule has 23 heavy (non-hydrogen) atoms. The maximum absolute atomic E-state index is 13.1. The van der Waals surface area contributed by atoms with Crippen LogP contribution in [-0.2, 0) is 9.53 Å². The molecule has 1 N–H and O–H groups in total. The lowest BCUT2D eigenvalue weighted by atomic mass is 10.2. The Morgan fingerprint density at radius 1 is 1.35 bits per heavy atom. The third-order valence-corrected chi connectivity index (χ3v) is 2.99. The zero-order valence-corrected chi connectivity index (χ0v) is 13.5. The van der Waals surface area contributed by atoms with Gasteiger partial charge in [-0.05, 0) is 26.8 Å². The fraction of sp³-hybridized carbons (Fsp3) is 0.533. The van der Waals surface area contributed by atoms with E-state index in [2.05, 4.69) is 10.1 Å². The predicted octanol–water partition coefficient (Wildman–Crippen LogP) is 2.10. The summed E-state index contributed by atoms with van der Waals surface area (Å²) in [6.07, 6.45) is 0. The number of nitro benzene ring substituents is 1. The van der Waals surface area contributed by atoms with E-state index in [-0.39, 0.29) is 11.3 Å². The van der Waals surface area contributed by atoms with E-state index in [1.165, 1.54) is 12.1 Å². The van der Waals surface area contributed by atoms with Crippen LogP contribution >= 0.6 is 0 Å². The van der Waals surface area contributed by atoms with Gasteiger partial charge in [0.1, 0.15) is 17.1 Å². The molecule has 7 nitrogen and oxygen atoms in total. The molecule has 1 aliphatic heterocycles. The number of piperazine rings is 1. The standard InChI is InChI=1S/C10H12FN3O2.C5H10O2/c11-8-1-2-9(14(15)16)10(7-8)13-5-3-12-4-6-13;1-5(2,3)7-4-6/h1-2,7,12H,3-6H2;4H,1-3H3. The monoisotopic (exact) mass is 327 g/mol. The van der Waals surface area contributed by atoms with Gasteiger partial charge in [-0.1, -0.05) is 0 Å². The van der Waals surface area contributed by atoms with E-state index in [0.29, 0.717) is 25.2 Å². The minimum atomic E-state index is -0.475. The molecule has 1 fully saturated rings. The van der Waals surface area contributed by atoms with Crippen LogP contribution in [0.1, 0.15) is 20.8 Å². The zero-order chi connectivity index (χ0) is 17.5. The Hall–Kier alpha value is -2.22. The molecule has 0 bridgehead atoms. The van der Waals surface area contributed by atoms with E-state index >= 15 is 0 Å². The van der Waals surface area contributed by atoms with Gasteiger partial charge in [-0.15, -0.1) is 0 Å². The van der Waals surface area contributed by atoms with E-state index in [1.54, 1.807) is 0 Å². The summed E-state index contributed by atoms with van der Waals surface area (Å²) in [5, 5.41) is 14.0. The number of benzene rings is 1. The van der Waals surface area contributed by atoms with E-state index in [4.69, 9.17) is 0 Å². The van der Waals surface area contributed by atoms with Crippen molar-refractivity contribution in [2.24, 2.45) is 0 Å². The molecule has 1 heterocycles. The molecule has 8 heteroatoms. The van der Waals surface area contributed by atoms with Crippen LogP contribution in [0.3, 0.4) is 0 Å². The molecule has 0 unspecified atom stereocenters. The molecule has 1 aromatic rings. The van der Waals surface area contributed by atoms with Crippen molar-refractivity contribution in [3.63, 3.8) is 0 Å². The Balaban J connectivity index is 0.000000322. The van der Waals surface area contributed by atoms with Gasteiger partial charge in [0.15, 0.2) is 0 Å². The molecule has 0 saturated carbocycles. The highest BCUT2D eigenvalue weighted by molar-refractivity contribution is 5.63. The van der Waals surface area contributed by atoms with Crippen LogP contribution in [0.5, 0.6) is 0 Å². The number of ether oxygens (including phenoxy) is 1. The fourth-order valence-electron chi connectivity index (χ4n) is 1.95. The van der Waals surface area contributed by atoms with E-state index in [1.807, 2.05) is 25.7 Å². The zero-order valence-electron chi connectivity index (χ0n) is 13.5. The average molecular weight is 327 g/mol. The first-order chi connectivity index (χ1) is 10.7. The topological polar surface area (TPSA) is 84.7 Å². The Bertz CT molecular complexity index is 540. The van der Waals surface area contributed by atoms with Gasteiger partial charge < -0.3 is 15.0 Å². The predicted molar refractivity (Wildman–Crippen MR) is 85.0 cm³/mol. The van der Waals surface area contributed by atoms with Crippen molar-refractivity contribution in [3.8, 4) is 0 Å². The first-order valence-electron chi connectivity index (χ1n) is 7.25. The maximum Gasteiger partial charge on any atom is 0.293 e. The second kappa shape index (κ2) is 8.42. The lowest BCUT2D eigenvalue weighted by Gasteiger charge is -2.28. The number of carbonyl (C=O) groups excluding carboxylic acids is 1. The van der Waals surface area contributed by atoms with Crippen LogP contribution in [0.15, 0.2) is 18.2 Å². The van der Waals surface area contributed by atoms with E-state index < -0.39 is 10.7 Å². The number of nitrogens with one attached hydrogen (secondary N) is 1. The van der Waals surface area contributed by atoms with Gasteiger partial charge in [-0.25, -0.2) is 4.39 Å². The highest BCUT2D eigenvalue weighted by Crippen LogP contribution is 2.28. The molecule has 2 rings (SSSR count).